The molecule has 5 heteroatoms. The molecule has 0 fully saturated rings. The molecule has 0 saturated heterocycles. The Kier molecular flexibility index (Phi) is 6.84. The summed E-state index contributed by atoms with van der Waals surface area (Å²) in [5.41, 5.74) is 0.171. The van der Waals surface area contributed by atoms with E-state index in [4.69, 9.17) is 5.11 Å². The summed E-state index contributed by atoms with van der Waals surface area (Å²) >= 11 is 1.41. The lowest BCUT2D eigenvalue weighted by molar-refractivity contribution is 0.0690. The molecule has 1 rings (SSSR count). The van der Waals surface area contributed by atoms with Crippen LogP contribution in [-0.2, 0) is 0 Å². The van der Waals surface area contributed by atoms with Gasteiger partial charge in [-0.05, 0) is 19.3 Å². The van der Waals surface area contributed by atoms with Gasteiger partial charge in [-0.25, -0.2) is 9.78 Å². The third-order valence-corrected chi connectivity index (χ3v) is 3.91. The average molecular weight is 284 g/mol. The molecule has 4 nitrogen and oxygen atoms in total. The fourth-order valence-corrected chi connectivity index (χ4v) is 2.73. The fourth-order valence-electron chi connectivity index (χ4n) is 1.90. The Morgan fingerprint density at radius 3 is 2.58 bits per heavy atom. The van der Waals surface area contributed by atoms with Crippen LogP contribution in [-0.4, -0.2) is 22.6 Å². The van der Waals surface area contributed by atoms with E-state index in [1.807, 2.05) is 0 Å². The Hall–Kier alpha value is -1.10. The minimum atomic E-state index is -0.949. The van der Waals surface area contributed by atoms with Crippen molar-refractivity contribution in [1.82, 2.24) is 4.98 Å². The SMILES string of the molecule is Cc1sc(NCCCCCCC(C)C)nc1C(=O)O. The number of anilines is 1. The van der Waals surface area contributed by atoms with Crippen LogP contribution in [0.25, 0.3) is 0 Å². The normalized spacial score (nSPS) is 10.9. The van der Waals surface area contributed by atoms with E-state index in [1.54, 1.807) is 6.92 Å². The standard InChI is InChI=1S/C14H24N2O2S/c1-10(2)8-6-4-5-7-9-15-14-16-12(13(17)18)11(3)19-14/h10H,4-9H2,1-3H3,(H,15,16)(H,17,18). The van der Waals surface area contributed by atoms with E-state index in [-0.39, 0.29) is 5.69 Å². The Morgan fingerprint density at radius 1 is 1.32 bits per heavy atom. The van der Waals surface area contributed by atoms with Gasteiger partial charge in [0.1, 0.15) is 0 Å². The molecule has 0 saturated carbocycles. The molecule has 0 spiro atoms. The number of thiazole rings is 1. The third-order valence-electron chi connectivity index (χ3n) is 2.98. The van der Waals surface area contributed by atoms with E-state index in [9.17, 15) is 4.79 Å². The number of hydrogen-bond acceptors (Lipinski definition) is 4. The predicted octanol–water partition coefficient (Wildman–Crippen LogP) is 4.17. The fraction of sp³-hybridized carbons (Fsp3) is 0.714. The zero-order valence-corrected chi connectivity index (χ0v) is 12.8. The van der Waals surface area contributed by atoms with Gasteiger partial charge >= 0.3 is 5.97 Å². The first kappa shape index (κ1) is 16.0. The van der Waals surface area contributed by atoms with Gasteiger partial charge < -0.3 is 10.4 Å². The Morgan fingerprint density at radius 2 is 2.00 bits per heavy atom. The van der Waals surface area contributed by atoms with Gasteiger partial charge in [-0.15, -0.1) is 11.3 Å². The largest absolute Gasteiger partial charge is 0.476 e. The quantitative estimate of drug-likeness (QED) is 0.668. The minimum Gasteiger partial charge on any atom is -0.476 e. The molecule has 1 aromatic heterocycles. The zero-order chi connectivity index (χ0) is 14.3. The van der Waals surface area contributed by atoms with Crippen molar-refractivity contribution in [3.8, 4) is 0 Å². The third kappa shape index (κ3) is 6.05. The molecule has 108 valence electrons. The summed E-state index contributed by atoms with van der Waals surface area (Å²) in [6.07, 6.45) is 6.21. The van der Waals surface area contributed by atoms with Crippen LogP contribution >= 0.6 is 11.3 Å². The van der Waals surface area contributed by atoms with Gasteiger partial charge in [-0.2, -0.15) is 0 Å². The van der Waals surface area contributed by atoms with Gasteiger partial charge in [-0.3, -0.25) is 0 Å². The van der Waals surface area contributed by atoms with Gasteiger partial charge in [0.15, 0.2) is 10.8 Å². The number of aromatic carboxylic acids is 1. The van der Waals surface area contributed by atoms with E-state index in [1.165, 1.54) is 37.0 Å². The van der Waals surface area contributed by atoms with Gasteiger partial charge in [0.2, 0.25) is 0 Å². The summed E-state index contributed by atoms with van der Waals surface area (Å²) in [5.74, 6) is -0.152. The van der Waals surface area contributed by atoms with E-state index >= 15 is 0 Å². The molecule has 0 unspecified atom stereocenters. The molecule has 0 amide bonds. The van der Waals surface area contributed by atoms with Gasteiger partial charge in [-0.1, -0.05) is 39.5 Å². The van der Waals surface area contributed by atoms with Crippen LogP contribution in [0.1, 0.15) is 61.3 Å². The predicted molar refractivity (Wildman–Crippen MR) is 80.2 cm³/mol. The van der Waals surface area contributed by atoms with Gasteiger partial charge in [0, 0.05) is 11.4 Å². The molecule has 0 atom stereocenters. The molecule has 0 radical (unpaired) electrons. The Labute approximate surface area is 119 Å². The van der Waals surface area contributed by atoms with E-state index in [0.717, 1.165) is 28.9 Å². The average Bonchev–Trinajstić information content (AvgIpc) is 2.69. The van der Waals surface area contributed by atoms with Crippen molar-refractivity contribution in [2.24, 2.45) is 5.92 Å². The van der Waals surface area contributed by atoms with E-state index in [2.05, 4.69) is 24.1 Å². The topological polar surface area (TPSA) is 62.2 Å². The molecule has 0 aliphatic heterocycles. The van der Waals surface area contributed by atoms with Crippen LogP contribution in [0.2, 0.25) is 0 Å². The summed E-state index contributed by atoms with van der Waals surface area (Å²) in [4.78, 5) is 15.7. The van der Waals surface area contributed by atoms with Crippen LogP contribution in [0.5, 0.6) is 0 Å². The summed E-state index contributed by atoms with van der Waals surface area (Å²) in [6.45, 7) is 7.17. The number of nitrogens with zero attached hydrogens (tertiary/aromatic N) is 1. The number of unbranched alkanes of at least 4 members (excludes halogenated alkanes) is 3. The lowest BCUT2D eigenvalue weighted by Crippen LogP contribution is -2.03. The second kappa shape index (κ2) is 8.15. The molecular weight excluding hydrogens is 260 g/mol. The number of carbonyl (C=O) groups is 1. The second-order valence-electron chi connectivity index (χ2n) is 5.25. The number of hydrogen-bond donors (Lipinski definition) is 2. The van der Waals surface area contributed by atoms with Crippen LogP contribution in [0.15, 0.2) is 0 Å². The van der Waals surface area contributed by atoms with Crippen molar-refractivity contribution in [2.75, 3.05) is 11.9 Å². The highest BCUT2D eigenvalue weighted by Crippen LogP contribution is 2.22. The smallest absolute Gasteiger partial charge is 0.355 e. The molecule has 19 heavy (non-hydrogen) atoms. The van der Waals surface area contributed by atoms with Crippen molar-refractivity contribution in [3.05, 3.63) is 10.6 Å². The maximum Gasteiger partial charge on any atom is 0.355 e. The number of nitrogens with one attached hydrogen (secondary N) is 1. The zero-order valence-electron chi connectivity index (χ0n) is 12.0. The van der Waals surface area contributed by atoms with Crippen LogP contribution in [0, 0.1) is 12.8 Å². The molecule has 0 aliphatic rings. The summed E-state index contributed by atoms with van der Waals surface area (Å²) in [6, 6.07) is 0. The lowest BCUT2D eigenvalue weighted by Gasteiger charge is -2.04. The molecule has 0 aliphatic carbocycles. The number of carboxylic acid groups (broad SMARTS) is 1. The summed E-state index contributed by atoms with van der Waals surface area (Å²) < 4.78 is 0. The van der Waals surface area contributed by atoms with Crippen molar-refractivity contribution >= 4 is 22.4 Å². The second-order valence-corrected chi connectivity index (χ2v) is 6.46. The first-order valence-electron chi connectivity index (χ1n) is 6.95. The van der Waals surface area contributed by atoms with E-state index < -0.39 is 5.97 Å². The highest BCUT2D eigenvalue weighted by atomic mass is 32.1. The van der Waals surface area contributed by atoms with E-state index in [0.29, 0.717) is 0 Å². The van der Waals surface area contributed by atoms with Crippen molar-refractivity contribution in [1.29, 1.82) is 0 Å². The molecule has 1 aromatic rings. The number of aryl methyl sites for hydroxylation is 1. The minimum absolute atomic E-state index is 0.171. The van der Waals surface area contributed by atoms with Crippen LogP contribution in [0.4, 0.5) is 5.13 Å². The number of rotatable bonds is 9. The Balaban J connectivity index is 2.16. The van der Waals surface area contributed by atoms with Crippen molar-refractivity contribution < 1.29 is 9.90 Å². The summed E-state index contributed by atoms with van der Waals surface area (Å²) in [7, 11) is 0. The molecular formula is C14H24N2O2S. The molecule has 2 N–H and O–H groups in total. The van der Waals surface area contributed by atoms with Gasteiger partial charge in [0.05, 0.1) is 0 Å². The summed E-state index contributed by atoms with van der Waals surface area (Å²) in [5, 5.41) is 12.8. The van der Waals surface area contributed by atoms with Gasteiger partial charge in [0.25, 0.3) is 0 Å². The maximum absolute atomic E-state index is 10.9. The number of aromatic nitrogens is 1. The van der Waals surface area contributed by atoms with Crippen LogP contribution < -0.4 is 5.32 Å². The maximum atomic E-state index is 10.9. The van der Waals surface area contributed by atoms with Crippen molar-refractivity contribution in [2.45, 2.75) is 52.9 Å². The first-order valence-corrected chi connectivity index (χ1v) is 7.77. The molecule has 0 bridgehead atoms. The molecule has 1 heterocycles. The number of carboxylic acids is 1. The molecule has 0 aromatic carbocycles. The lowest BCUT2D eigenvalue weighted by atomic mass is 10.0. The highest BCUT2D eigenvalue weighted by Gasteiger charge is 2.13. The Bertz CT molecular complexity index is 402. The van der Waals surface area contributed by atoms with Crippen LogP contribution in [0.3, 0.4) is 0 Å². The first-order chi connectivity index (χ1) is 9.00. The monoisotopic (exact) mass is 284 g/mol. The van der Waals surface area contributed by atoms with Crippen molar-refractivity contribution in [3.63, 3.8) is 0 Å². The highest BCUT2D eigenvalue weighted by molar-refractivity contribution is 7.15.